The van der Waals surface area contributed by atoms with Crippen molar-refractivity contribution in [3.05, 3.63) is 211 Å². The summed E-state index contributed by atoms with van der Waals surface area (Å²) in [6.45, 7) is 14.8. The molecule has 0 aliphatic carbocycles. The summed E-state index contributed by atoms with van der Waals surface area (Å²) in [7, 11) is 6.42. The van der Waals surface area contributed by atoms with E-state index in [1.54, 1.807) is 38.1 Å². The predicted molar refractivity (Wildman–Crippen MR) is 309 cm³/mol. The Labute approximate surface area is 461 Å². The third kappa shape index (κ3) is 11.4. The zero-order valence-corrected chi connectivity index (χ0v) is 46.7. The molecule has 0 spiro atoms. The number of aryl methyl sites for hydroxylation is 1. The topological polar surface area (TPSA) is 85.2 Å². The molecule has 0 saturated heterocycles. The van der Waals surface area contributed by atoms with Gasteiger partial charge >= 0.3 is 0 Å². The standard InChI is InChI=1S/C22H26N2O.2C21H22ClFN2O/c1-16-9-10-20-18(13-16)19-14-23(3)12-11-21(19)24(20)15-22(2,25)17-7-5-4-6-8-17;2*1-21(26,14-3-6-16(23)7-4-14)13-25-19-8-5-15(22)11-17(19)18-12-24(2)10-9-20(18)25/h4-10,13,25H,11-12,14-15H2,1-3H3;2*3-8,11,26H,9-10,12-13H2,1-2H3/t;2*21-/m.10/s1. The molecule has 6 heterocycles. The summed E-state index contributed by atoms with van der Waals surface area (Å²) in [5.74, 6) is -0.600. The highest BCUT2D eigenvalue weighted by Gasteiger charge is 2.33. The number of aromatic nitrogens is 3. The minimum absolute atomic E-state index is 0.300. The molecular weight excluding hydrogens is 1010 g/mol. The van der Waals surface area contributed by atoms with Crippen molar-refractivity contribution in [2.45, 2.75) is 103 Å². The second-order valence-corrected chi connectivity index (χ2v) is 23.4. The molecule has 3 atom stereocenters. The molecule has 1 unspecified atom stereocenters. The Morgan fingerprint density at radius 1 is 0.442 bits per heavy atom. The first kappa shape index (κ1) is 54.5. The number of benzene rings is 6. The van der Waals surface area contributed by atoms with Crippen molar-refractivity contribution >= 4 is 55.9 Å². The van der Waals surface area contributed by atoms with Crippen LogP contribution in [0.25, 0.3) is 32.7 Å². The Bertz CT molecular complexity index is 3420. The summed E-state index contributed by atoms with van der Waals surface area (Å²) in [6.07, 6.45) is 2.89. The second kappa shape index (κ2) is 21.8. The average molecular weight is 1080 g/mol. The van der Waals surface area contributed by atoms with Crippen LogP contribution in [0.3, 0.4) is 0 Å². The van der Waals surface area contributed by atoms with E-state index in [-0.39, 0.29) is 11.6 Å². The van der Waals surface area contributed by atoms with Crippen molar-refractivity contribution in [3.63, 3.8) is 0 Å². The highest BCUT2D eigenvalue weighted by molar-refractivity contribution is 6.31. The molecule has 0 amide bonds. The number of hydrogen-bond donors (Lipinski definition) is 3. The van der Waals surface area contributed by atoms with E-state index in [2.05, 4.69) is 74.7 Å². The highest BCUT2D eigenvalue weighted by atomic mass is 35.5. The molecule has 3 N–H and O–H groups in total. The molecule has 0 radical (unpaired) electrons. The third-order valence-electron chi connectivity index (χ3n) is 16.1. The van der Waals surface area contributed by atoms with Crippen LogP contribution in [0.1, 0.15) is 76.8 Å². The Morgan fingerprint density at radius 2 is 0.766 bits per heavy atom. The van der Waals surface area contributed by atoms with Crippen LogP contribution >= 0.6 is 23.2 Å². The van der Waals surface area contributed by atoms with Crippen LogP contribution in [0.4, 0.5) is 8.78 Å². The normalized spacial score (nSPS) is 17.3. The monoisotopic (exact) mass is 1080 g/mol. The molecule has 0 fully saturated rings. The minimum atomic E-state index is -1.10. The van der Waals surface area contributed by atoms with Crippen LogP contribution in [-0.4, -0.2) is 84.5 Å². The van der Waals surface area contributed by atoms with Crippen LogP contribution in [0.5, 0.6) is 0 Å². The molecule has 9 nitrogen and oxygen atoms in total. The Kier molecular flexibility index (Phi) is 15.4. The fourth-order valence-corrected chi connectivity index (χ4v) is 12.3. The third-order valence-corrected chi connectivity index (χ3v) is 16.6. The molecular formula is C64H70Cl2F2N6O3. The minimum Gasteiger partial charge on any atom is -0.384 e. The first-order chi connectivity index (χ1) is 36.7. The van der Waals surface area contributed by atoms with Gasteiger partial charge < -0.3 is 43.7 Å². The van der Waals surface area contributed by atoms with Crippen molar-refractivity contribution < 1.29 is 24.1 Å². The van der Waals surface area contributed by atoms with Crippen molar-refractivity contribution in [3.8, 4) is 0 Å². The van der Waals surface area contributed by atoms with E-state index in [0.29, 0.717) is 30.8 Å². The first-order valence-electron chi connectivity index (χ1n) is 26.7. The quantitative estimate of drug-likeness (QED) is 0.134. The zero-order chi connectivity index (χ0) is 54.6. The molecule has 6 aromatic carbocycles. The van der Waals surface area contributed by atoms with E-state index in [0.717, 1.165) is 95.9 Å². The number of nitrogens with zero attached hydrogens (tertiary/aromatic N) is 6. The van der Waals surface area contributed by atoms with Gasteiger partial charge in [-0.3, -0.25) is 0 Å². The lowest BCUT2D eigenvalue weighted by molar-refractivity contribution is 0.0380. The van der Waals surface area contributed by atoms with Crippen LogP contribution in [0.15, 0.2) is 133 Å². The Morgan fingerprint density at radius 3 is 1.13 bits per heavy atom. The molecule has 0 saturated carbocycles. The SMILES string of the molecule is CN1CCc2c(c3cc(Cl)ccc3n2C[C@@](C)(O)c2ccc(F)cc2)C1.CN1CCc2c(c3cc(Cl)ccc3n2C[C@](C)(O)c2ccc(F)cc2)C1.Cc1ccc2c(c1)c1c(n2CC(C)(O)c2ccccc2)CCN(C)C1. The van der Waals surface area contributed by atoms with Crippen molar-refractivity contribution in [1.82, 2.24) is 28.4 Å². The van der Waals surface area contributed by atoms with Gasteiger partial charge in [0.2, 0.25) is 0 Å². The maximum Gasteiger partial charge on any atom is 0.123 e. The number of aliphatic hydroxyl groups is 3. The Balaban J connectivity index is 0.000000131. The van der Waals surface area contributed by atoms with Gasteiger partial charge in [0.15, 0.2) is 0 Å². The number of hydrogen-bond acceptors (Lipinski definition) is 6. The summed E-state index contributed by atoms with van der Waals surface area (Å²) in [6, 6.07) is 40.7. The molecule has 0 bridgehead atoms. The van der Waals surface area contributed by atoms with Gasteiger partial charge in [0.1, 0.15) is 28.4 Å². The van der Waals surface area contributed by atoms with Crippen molar-refractivity contribution in [1.29, 1.82) is 0 Å². The van der Waals surface area contributed by atoms with E-state index in [4.69, 9.17) is 23.2 Å². The maximum atomic E-state index is 13.3. The number of rotatable bonds is 9. The van der Waals surface area contributed by atoms with Gasteiger partial charge in [0.25, 0.3) is 0 Å². The molecule has 9 aromatic rings. The molecule has 3 aliphatic rings. The smallest absolute Gasteiger partial charge is 0.123 e. The van der Waals surface area contributed by atoms with Crippen LogP contribution in [-0.2, 0) is 75.3 Å². The van der Waals surface area contributed by atoms with Crippen molar-refractivity contribution in [2.24, 2.45) is 0 Å². The van der Waals surface area contributed by atoms with Gasteiger partial charge in [0.05, 0.1) is 19.6 Å². The van der Waals surface area contributed by atoms with E-state index in [1.165, 1.54) is 74.5 Å². The van der Waals surface area contributed by atoms with Crippen LogP contribution in [0, 0.1) is 18.6 Å². The summed E-state index contributed by atoms with van der Waals surface area (Å²) < 4.78 is 33.3. The van der Waals surface area contributed by atoms with Gasteiger partial charge in [-0.2, -0.15) is 0 Å². The van der Waals surface area contributed by atoms with Crippen LogP contribution < -0.4 is 0 Å². The molecule has 3 aliphatic heterocycles. The summed E-state index contributed by atoms with van der Waals surface area (Å²) in [4.78, 5) is 6.97. The highest BCUT2D eigenvalue weighted by Crippen LogP contribution is 2.38. The van der Waals surface area contributed by atoms with E-state index < -0.39 is 16.8 Å². The Hall–Kier alpha value is -5.86. The van der Waals surface area contributed by atoms with Crippen molar-refractivity contribution in [2.75, 3.05) is 40.8 Å². The molecule has 402 valence electrons. The fourth-order valence-electron chi connectivity index (χ4n) is 12.0. The molecule has 3 aromatic heterocycles. The van der Waals surface area contributed by atoms with Gasteiger partial charge in [-0.25, -0.2) is 8.78 Å². The van der Waals surface area contributed by atoms with Gasteiger partial charge in [-0.1, -0.05) is 89.4 Å². The summed E-state index contributed by atoms with van der Waals surface area (Å²) in [5, 5.41) is 38.5. The van der Waals surface area contributed by atoms with E-state index >= 15 is 0 Å². The van der Waals surface area contributed by atoms with E-state index in [9.17, 15) is 24.1 Å². The van der Waals surface area contributed by atoms with Gasteiger partial charge in [-0.15, -0.1) is 0 Å². The van der Waals surface area contributed by atoms with Gasteiger partial charge in [0, 0.05) is 118 Å². The van der Waals surface area contributed by atoms with Gasteiger partial charge in [-0.05, 0) is 155 Å². The molecule has 77 heavy (non-hydrogen) atoms. The summed E-state index contributed by atoms with van der Waals surface area (Å²) >= 11 is 12.5. The van der Waals surface area contributed by atoms with E-state index in [1.807, 2.05) is 73.7 Å². The lowest BCUT2D eigenvalue weighted by Gasteiger charge is -2.29. The number of likely N-dealkylation sites (N-methyl/N-ethyl adjacent to an activating group) is 3. The lowest BCUT2D eigenvalue weighted by atomic mass is 9.95. The van der Waals surface area contributed by atoms with Crippen LogP contribution in [0.2, 0.25) is 10.0 Å². The zero-order valence-electron chi connectivity index (χ0n) is 45.2. The summed E-state index contributed by atoms with van der Waals surface area (Å²) in [5.41, 5.74) is 11.8. The second-order valence-electron chi connectivity index (χ2n) is 22.5. The maximum absolute atomic E-state index is 13.3. The number of halogens is 4. The predicted octanol–water partition coefficient (Wildman–Crippen LogP) is 12.5. The first-order valence-corrected chi connectivity index (χ1v) is 27.4. The molecule has 13 heteroatoms. The largest absolute Gasteiger partial charge is 0.384 e. The lowest BCUT2D eigenvalue weighted by Crippen LogP contribution is -2.31. The molecule has 12 rings (SSSR count). The number of fused-ring (bicyclic) bond motifs is 9. The fraction of sp³-hybridized carbons (Fsp3) is 0.344. The average Bonchev–Trinajstić information content (AvgIpc) is 4.00.